The molecule has 270 valence electrons. The molecule has 1 nitrogen and oxygen atoms in total. The fourth-order valence-corrected chi connectivity index (χ4v) is 10.3. The zero-order valence-electron chi connectivity index (χ0n) is 31.9. The van der Waals surface area contributed by atoms with Crippen molar-refractivity contribution in [1.82, 2.24) is 0 Å². The quantitative estimate of drug-likeness (QED) is 0.164. The minimum absolute atomic E-state index is 0.118. The summed E-state index contributed by atoms with van der Waals surface area (Å²) in [6.07, 6.45) is 0. The normalized spacial score (nSPS) is 12.9. The Kier molecular flexibility index (Phi) is 7.77. The lowest BCUT2D eigenvalue weighted by Crippen LogP contribution is -2.16. The highest BCUT2D eigenvalue weighted by atomic mass is 32.1. The molecule has 0 saturated carbocycles. The highest BCUT2D eigenvalue weighted by molar-refractivity contribution is 7.26. The summed E-state index contributed by atoms with van der Waals surface area (Å²) in [5, 5.41) is 5.08. The summed E-state index contributed by atoms with van der Waals surface area (Å²) in [7, 11) is 0. The van der Waals surface area contributed by atoms with E-state index in [2.05, 4.69) is 219 Å². The van der Waals surface area contributed by atoms with Gasteiger partial charge in [0, 0.05) is 48.2 Å². The molecule has 0 unspecified atom stereocenters. The van der Waals surface area contributed by atoms with Crippen molar-refractivity contribution in [2.45, 2.75) is 19.3 Å². The molecule has 1 aromatic heterocycles. The van der Waals surface area contributed by atoms with Crippen LogP contribution in [-0.2, 0) is 5.41 Å². The van der Waals surface area contributed by atoms with Gasteiger partial charge in [0.1, 0.15) is 0 Å². The molecule has 0 bridgehead atoms. The summed E-state index contributed by atoms with van der Waals surface area (Å²) in [4.78, 5) is 2.47. The van der Waals surface area contributed by atoms with Crippen molar-refractivity contribution in [3.8, 4) is 44.5 Å². The van der Waals surface area contributed by atoms with Crippen molar-refractivity contribution < 1.29 is 0 Å². The highest BCUT2D eigenvalue weighted by Gasteiger charge is 2.35. The Balaban J connectivity index is 1.11. The fourth-order valence-electron chi connectivity index (χ4n) is 9.08. The predicted octanol–water partition coefficient (Wildman–Crippen LogP) is 16.0. The second kappa shape index (κ2) is 13.2. The Hall–Kier alpha value is -6.74. The lowest BCUT2D eigenvalue weighted by molar-refractivity contribution is 0.660. The fraction of sp³-hybridized carbons (Fsp3) is 0.0545. The smallest absolute Gasteiger partial charge is 0.0475 e. The molecular weight excluding hydrogens is 707 g/mol. The Morgan fingerprint density at radius 3 is 1.82 bits per heavy atom. The Morgan fingerprint density at radius 2 is 0.982 bits per heavy atom. The van der Waals surface area contributed by atoms with Gasteiger partial charge in [0.25, 0.3) is 0 Å². The van der Waals surface area contributed by atoms with E-state index in [4.69, 9.17) is 0 Å². The standard InChI is InChI=1S/C55H39NS/c1-55(2)51-18-10-8-16-46(51)47-31-30-44(35-52(47)55)56(43-28-26-39(27-29-43)42-25-22-37-14-6-7-15-41(37)32-42)45-33-49(54-50(34-45)48-17-9-11-19-53(48)57-54)40-23-20-38(21-24-40)36-12-4-3-5-13-36/h3-35H,1-2H3. The average molecular weight is 746 g/mol. The van der Waals surface area contributed by atoms with Crippen LogP contribution in [0, 0.1) is 0 Å². The maximum atomic E-state index is 2.47. The van der Waals surface area contributed by atoms with Crippen LogP contribution >= 0.6 is 11.3 Å². The molecule has 10 aromatic rings. The third-order valence-corrected chi connectivity index (χ3v) is 13.3. The molecule has 0 fully saturated rings. The third-order valence-electron chi connectivity index (χ3n) is 12.1. The molecule has 0 saturated heterocycles. The number of nitrogens with zero attached hydrogens (tertiary/aromatic N) is 1. The first-order valence-electron chi connectivity index (χ1n) is 19.7. The van der Waals surface area contributed by atoms with Gasteiger partial charge in [-0.2, -0.15) is 0 Å². The van der Waals surface area contributed by atoms with Crippen molar-refractivity contribution in [2.24, 2.45) is 0 Å². The maximum absolute atomic E-state index is 2.47. The monoisotopic (exact) mass is 745 g/mol. The lowest BCUT2D eigenvalue weighted by Gasteiger charge is -2.29. The first kappa shape index (κ1) is 33.6. The van der Waals surface area contributed by atoms with Crippen molar-refractivity contribution in [1.29, 1.82) is 0 Å². The topological polar surface area (TPSA) is 3.24 Å². The van der Waals surface area contributed by atoms with Gasteiger partial charge in [0.05, 0.1) is 0 Å². The second-order valence-electron chi connectivity index (χ2n) is 15.8. The average Bonchev–Trinajstić information content (AvgIpc) is 3.75. The summed E-state index contributed by atoms with van der Waals surface area (Å²) in [5.41, 5.74) is 16.0. The summed E-state index contributed by atoms with van der Waals surface area (Å²) < 4.78 is 2.61. The van der Waals surface area contributed by atoms with Gasteiger partial charge in [0.2, 0.25) is 0 Å². The van der Waals surface area contributed by atoms with Gasteiger partial charge in [0.15, 0.2) is 0 Å². The van der Waals surface area contributed by atoms with Crippen LogP contribution in [0.2, 0.25) is 0 Å². The van der Waals surface area contributed by atoms with Crippen LogP contribution in [0.1, 0.15) is 25.0 Å². The van der Waals surface area contributed by atoms with Gasteiger partial charge in [-0.3, -0.25) is 0 Å². The number of rotatable bonds is 6. The summed E-state index contributed by atoms with van der Waals surface area (Å²) >= 11 is 1.89. The molecule has 0 atom stereocenters. The predicted molar refractivity (Wildman–Crippen MR) is 245 cm³/mol. The van der Waals surface area contributed by atoms with Crippen LogP contribution in [0.4, 0.5) is 17.1 Å². The van der Waals surface area contributed by atoms with Crippen LogP contribution in [0.15, 0.2) is 200 Å². The molecule has 0 spiro atoms. The Labute approximate surface area is 337 Å². The molecule has 0 N–H and O–H groups in total. The molecule has 0 amide bonds. The minimum atomic E-state index is -0.118. The van der Waals surface area contributed by atoms with Crippen LogP contribution in [0.5, 0.6) is 0 Å². The van der Waals surface area contributed by atoms with E-state index in [0.717, 1.165) is 17.1 Å². The summed E-state index contributed by atoms with van der Waals surface area (Å²) in [6.45, 7) is 4.73. The number of hydrogen-bond donors (Lipinski definition) is 0. The Bertz CT molecular complexity index is 3130. The third kappa shape index (κ3) is 5.59. The van der Waals surface area contributed by atoms with Crippen LogP contribution in [-0.4, -0.2) is 0 Å². The van der Waals surface area contributed by atoms with Gasteiger partial charge >= 0.3 is 0 Å². The number of anilines is 3. The van der Waals surface area contributed by atoms with Crippen molar-refractivity contribution >= 4 is 59.3 Å². The van der Waals surface area contributed by atoms with Crippen molar-refractivity contribution in [3.63, 3.8) is 0 Å². The van der Waals surface area contributed by atoms with Crippen molar-refractivity contribution in [2.75, 3.05) is 4.90 Å². The Morgan fingerprint density at radius 1 is 0.368 bits per heavy atom. The number of benzene rings is 9. The molecule has 1 heterocycles. The van der Waals surface area contributed by atoms with E-state index in [0.29, 0.717) is 0 Å². The zero-order valence-corrected chi connectivity index (χ0v) is 32.7. The molecule has 1 aliphatic carbocycles. The van der Waals surface area contributed by atoms with E-state index in [9.17, 15) is 0 Å². The van der Waals surface area contributed by atoms with E-state index in [1.807, 2.05) is 11.3 Å². The van der Waals surface area contributed by atoms with E-state index in [-0.39, 0.29) is 5.41 Å². The lowest BCUT2D eigenvalue weighted by atomic mass is 9.82. The molecule has 0 aliphatic heterocycles. The molecule has 0 radical (unpaired) electrons. The van der Waals surface area contributed by atoms with Gasteiger partial charge in [-0.15, -0.1) is 11.3 Å². The maximum Gasteiger partial charge on any atom is 0.0475 e. The van der Waals surface area contributed by atoms with Gasteiger partial charge in [-0.05, 0) is 109 Å². The van der Waals surface area contributed by atoms with E-state index in [1.165, 1.54) is 86.6 Å². The first-order valence-corrected chi connectivity index (χ1v) is 20.6. The molecule has 11 rings (SSSR count). The van der Waals surface area contributed by atoms with Gasteiger partial charge < -0.3 is 4.90 Å². The van der Waals surface area contributed by atoms with Gasteiger partial charge in [-0.1, -0.05) is 166 Å². The van der Waals surface area contributed by atoms with E-state index < -0.39 is 0 Å². The van der Waals surface area contributed by atoms with E-state index >= 15 is 0 Å². The molecular formula is C55H39NS. The zero-order chi connectivity index (χ0) is 38.1. The number of hydrogen-bond acceptors (Lipinski definition) is 2. The van der Waals surface area contributed by atoms with Crippen LogP contribution in [0.3, 0.4) is 0 Å². The molecule has 9 aromatic carbocycles. The molecule has 1 aliphatic rings. The summed E-state index contributed by atoms with van der Waals surface area (Å²) in [5.74, 6) is 0. The van der Waals surface area contributed by atoms with Crippen molar-refractivity contribution in [3.05, 3.63) is 211 Å². The van der Waals surface area contributed by atoms with E-state index in [1.54, 1.807) is 0 Å². The summed E-state index contributed by atoms with van der Waals surface area (Å²) in [6, 6.07) is 73.9. The first-order chi connectivity index (χ1) is 28.0. The number of thiophene rings is 1. The second-order valence-corrected chi connectivity index (χ2v) is 16.8. The minimum Gasteiger partial charge on any atom is -0.310 e. The van der Waals surface area contributed by atoms with Crippen LogP contribution in [0.25, 0.3) is 75.5 Å². The highest BCUT2D eigenvalue weighted by Crippen LogP contribution is 2.52. The number of fused-ring (bicyclic) bond motifs is 7. The molecule has 57 heavy (non-hydrogen) atoms. The van der Waals surface area contributed by atoms with Gasteiger partial charge in [-0.25, -0.2) is 0 Å². The molecule has 2 heteroatoms. The largest absolute Gasteiger partial charge is 0.310 e. The van der Waals surface area contributed by atoms with Crippen LogP contribution < -0.4 is 4.90 Å². The SMILES string of the molecule is CC1(C)c2ccccc2-c2ccc(N(c3ccc(-c4ccc5ccccc5c4)cc3)c3cc(-c4ccc(-c5ccccc5)cc4)c4sc5ccccc5c4c3)cc21.